The van der Waals surface area contributed by atoms with E-state index in [9.17, 15) is 14.4 Å². The number of hydrogen-bond donors (Lipinski definition) is 2. The highest BCUT2D eigenvalue weighted by atomic mass is 32.1. The number of methoxy groups -OCH3 is 1. The van der Waals surface area contributed by atoms with Gasteiger partial charge in [0, 0.05) is 23.3 Å². The lowest BCUT2D eigenvalue weighted by atomic mass is 10.1. The minimum Gasteiger partial charge on any atom is -0.495 e. The molecule has 0 aliphatic rings. The largest absolute Gasteiger partial charge is 0.495 e. The summed E-state index contributed by atoms with van der Waals surface area (Å²) in [4.78, 5) is 38.8. The van der Waals surface area contributed by atoms with E-state index in [1.54, 1.807) is 29.6 Å². The molecular formula is C29H24N2O6S. The Morgan fingerprint density at radius 1 is 0.921 bits per heavy atom. The van der Waals surface area contributed by atoms with Crippen molar-refractivity contribution in [3.8, 4) is 5.75 Å². The highest BCUT2D eigenvalue weighted by Gasteiger charge is 2.25. The van der Waals surface area contributed by atoms with Crippen LogP contribution in [0.25, 0.3) is 21.9 Å². The van der Waals surface area contributed by atoms with Gasteiger partial charge in [-0.3, -0.25) is 9.59 Å². The number of thiophene rings is 1. The molecule has 1 atom stereocenters. The lowest BCUT2D eigenvalue weighted by molar-refractivity contribution is -0.149. The molecular weight excluding hydrogens is 504 g/mol. The minimum absolute atomic E-state index is 0.217. The number of nitrogens with one attached hydrogen (secondary N) is 2. The van der Waals surface area contributed by atoms with Gasteiger partial charge in [0.15, 0.2) is 6.61 Å². The number of anilines is 1. The lowest BCUT2D eigenvalue weighted by Gasteiger charge is -2.18. The Hall–Kier alpha value is -4.63. The molecule has 192 valence electrons. The van der Waals surface area contributed by atoms with Gasteiger partial charge >= 0.3 is 5.97 Å². The van der Waals surface area contributed by atoms with Crippen LogP contribution in [0.15, 0.2) is 88.7 Å². The zero-order valence-electron chi connectivity index (χ0n) is 20.4. The van der Waals surface area contributed by atoms with Crippen molar-refractivity contribution in [3.63, 3.8) is 0 Å². The van der Waals surface area contributed by atoms with Crippen LogP contribution in [0.3, 0.4) is 0 Å². The maximum Gasteiger partial charge on any atom is 0.329 e. The number of furan rings is 1. The number of carbonyl (C=O) groups excluding carboxylic acids is 3. The van der Waals surface area contributed by atoms with Gasteiger partial charge in [-0.05, 0) is 29.1 Å². The Labute approximate surface area is 222 Å². The predicted molar refractivity (Wildman–Crippen MR) is 146 cm³/mol. The molecule has 0 aliphatic heterocycles. The van der Waals surface area contributed by atoms with E-state index in [1.165, 1.54) is 18.4 Å². The molecule has 0 saturated carbocycles. The molecule has 38 heavy (non-hydrogen) atoms. The molecule has 0 radical (unpaired) electrons. The number of amides is 2. The highest BCUT2D eigenvalue weighted by Crippen LogP contribution is 2.36. The summed E-state index contributed by atoms with van der Waals surface area (Å²) >= 11 is 1.27. The first-order chi connectivity index (χ1) is 18.5. The van der Waals surface area contributed by atoms with Crippen molar-refractivity contribution in [2.24, 2.45) is 0 Å². The van der Waals surface area contributed by atoms with Gasteiger partial charge in [-0.1, -0.05) is 54.6 Å². The molecule has 0 saturated heterocycles. The highest BCUT2D eigenvalue weighted by molar-refractivity contribution is 7.12. The third-order valence-corrected chi connectivity index (χ3v) is 6.80. The molecule has 3 aromatic carbocycles. The van der Waals surface area contributed by atoms with Gasteiger partial charge in [-0.25, -0.2) is 4.79 Å². The second kappa shape index (κ2) is 11.2. The quantitative estimate of drug-likeness (QED) is 0.255. The fourth-order valence-electron chi connectivity index (χ4n) is 4.12. The topological polar surface area (TPSA) is 107 Å². The molecule has 8 nitrogen and oxygen atoms in total. The van der Waals surface area contributed by atoms with E-state index in [1.807, 2.05) is 54.6 Å². The zero-order chi connectivity index (χ0) is 26.5. The summed E-state index contributed by atoms with van der Waals surface area (Å²) in [6, 6.07) is 22.8. The van der Waals surface area contributed by atoms with Crippen LogP contribution < -0.4 is 15.4 Å². The fraction of sp³-hybridized carbons (Fsp3) is 0.138. The number of carbonyl (C=O) groups is 3. The average molecular weight is 529 g/mol. The van der Waals surface area contributed by atoms with Crippen molar-refractivity contribution in [2.75, 3.05) is 19.0 Å². The standard InChI is InChI=1S/C29H24N2O6S/c1-35-25-15-20-19-10-5-6-11-23(19)37-24(20)16-21(25)30-27(32)17-36-29(34)22(14-18-8-3-2-4-9-18)31-28(33)26-12-7-13-38-26/h2-13,15-16,22H,14,17H2,1H3,(H,30,32)(H,31,33). The molecule has 2 amide bonds. The lowest BCUT2D eigenvalue weighted by Crippen LogP contribution is -2.43. The normalized spacial score (nSPS) is 11.7. The molecule has 0 aliphatic carbocycles. The zero-order valence-corrected chi connectivity index (χ0v) is 21.2. The number of hydrogen-bond acceptors (Lipinski definition) is 7. The first-order valence-electron chi connectivity index (χ1n) is 11.9. The molecule has 0 bridgehead atoms. The van der Waals surface area contributed by atoms with Crippen molar-refractivity contribution < 1.29 is 28.3 Å². The summed E-state index contributed by atoms with van der Waals surface area (Å²) < 4.78 is 16.7. The molecule has 9 heteroatoms. The van der Waals surface area contributed by atoms with Crippen LogP contribution in [0.1, 0.15) is 15.2 Å². The molecule has 2 aromatic heterocycles. The summed E-state index contributed by atoms with van der Waals surface area (Å²) in [6.07, 6.45) is 0.217. The Morgan fingerprint density at radius 3 is 2.47 bits per heavy atom. The summed E-state index contributed by atoms with van der Waals surface area (Å²) in [5, 5.41) is 9.01. The van der Waals surface area contributed by atoms with Crippen LogP contribution in [0, 0.1) is 0 Å². The van der Waals surface area contributed by atoms with Crippen LogP contribution in [-0.4, -0.2) is 37.5 Å². The molecule has 0 spiro atoms. The maximum absolute atomic E-state index is 13.0. The van der Waals surface area contributed by atoms with Gasteiger partial charge in [0.1, 0.15) is 23.0 Å². The van der Waals surface area contributed by atoms with E-state index < -0.39 is 24.5 Å². The van der Waals surface area contributed by atoms with Gasteiger partial charge in [-0.15, -0.1) is 11.3 Å². The smallest absolute Gasteiger partial charge is 0.329 e. The number of rotatable bonds is 9. The van der Waals surface area contributed by atoms with Crippen molar-refractivity contribution in [1.29, 1.82) is 0 Å². The van der Waals surface area contributed by atoms with Gasteiger partial charge in [0.2, 0.25) is 0 Å². The number of ether oxygens (including phenoxy) is 2. The van der Waals surface area contributed by atoms with Gasteiger partial charge in [0.25, 0.3) is 11.8 Å². The van der Waals surface area contributed by atoms with Crippen molar-refractivity contribution in [3.05, 3.63) is 94.7 Å². The third kappa shape index (κ3) is 5.52. The second-order valence-electron chi connectivity index (χ2n) is 8.50. The number of para-hydroxylation sites is 1. The summed E-state index contributed by atoms with van der Waals surface area (Å²) in [5.74, 6) is -1.22. The maximum atomic E-state index is 13.0. The third-order valence-electron chi connectivity index (χ3n) is 5.94. The van der Waals surface area contributed by atoms with Crippen LogP contribution in [0.4, 0.5) is 5.69 Å². The van der Waals surface area contributed by atoms with Crippen molar-refractivity contribution >= 4 is 56.7 Å². The molecule has 5 rings (SSSR count). The van der Waals surface area contributed by atoms with Crippen LogP contribution in [0.5, 0.6) is 5.75 Å². The molecule has 5 aromatic rings. The van der Waals surface area contributed by atoms with Crippen LogP contribution in [-0.2, 0) is 20.7 Å². The van der Waals surface area contributed by atoms with Gasteiger partial charge in [0.05, 0.1) is 17.7 Å². The molecule has 0 fully saturated rings. The molecule has 1 unspecified atom stereocenters. The number of esters is 1. The number of benzene rings is 3. The van der Waals surface area contributed by atoms with E-state index >= 15 is 0 Å². The van der Waals surface area contributed by atoms with E-state index in [4.69, 9.17) is 13.9 Å². The average Bonchev–Trinajstić information content (AvgIpc) is 3.60. The van der Waals surface area contributed by atoms with Crippen LogP contribution in [0.2, 0.25) is 0 Å². The SMILES string of the molecule is COc1cc2c(cc1NC(=O)COC(=O)C(Cc1ccccc1)NC(=O)c1cccs1)oc1ccccc12. The molecule has 2 N–H and O–H groups in total. The Balaban J connectivity index is 1.27. The summed E-state index contributed by atoms with van der Waals surface area (Å²) in [5.41, 5.74) is 2.52. The van der Waals surface area contributed by atoms with E-state index in [0.717, 1.165) is 21.9 Å². The Bertz CT molecular complexity index is 1590. The van der Waals surface area contributed by atoms with E-state index in [2.05, 4.69) is 10.6 Å². The predicted octanol–water partition coefficient (Wildman–Crippen LogP) is 5.18. The van der Waals surface area contributed by atoms with Crippen molar-refractivity contribution in [2.45, 2.75) is 12.5 Å². The second-order valence-corrected chi connectivity index (χ2v) is 9.44. The first-order valence-corrected chi connectivity index (χ1v) is 12.7. The van der Waals surface area contributed by atoms with E-state index in [-0.39, 0.29) is 12.3 Å². The Kier molecular flexibility index (Phi) is 7.37. The number of fused-ring (bicyclic) bond motifs is 3. The van der Waals surface area contributed by atoms with Crippen LogP contribution >= 0.6 is 11.3 Å². The summed E-state index contributed by atoms with van der Waals surface area (Å²) in [6.45, 7) is -0.541. The molecule has 2 heterocycles. The van der Waals surface area contributed by atoms with Gasteiger partial charge in [-0.2, -0.15) is 0 Å². The Morgan fingerprint density at radius 2 is 1.71 bits per heavy atom. The summed E-state index contributed by atoms with van der Waals surface area (Å²) in [7, 11) is 1.50. The van der Waals surface area contributed by atoms with E-state index in [0.29, 0.717) is 21.9 Å². The first kappa shape index (κ1) is 25.0. The van der Waals surface area contributed by atoms with Gasteiger partial charge < -0.3 is 24.5 Å². The fourth-order valence-corrected chi connectivity index (χ4v) is 4.75. The monoisotopic (exact) mass is 528 g/mol. The minimum atomic E-state index is -0.971. The van der Waals surface area contributed by atoms with Crippen molar-refractivity contribution in [1.82, 2.24) is 5.32 Å².